The van der Waals surface area contributed by atoms with E-state index in [0.29, 0.717) is 12.8 Å². The summed E-state index contributed by atoms with van der Waals surface area (Å²) in [6.07, 6.45) is 1.40. The van der Waals surface area contributed by atoms with E-state index in [1.54, 1.807) is 21.6 Å². The van der Waals surface area contributed by atoms with Gasteiger partial charge in [-0.05, 0) is 48.2 Å². The normalized spacial score (nSPS) is 10.7. The molecule has 0 fully saturated rings. The molecule has 0 amide bonds. The molecule has 0 unspecified atom stereocenters. The van der Waals surface area contributed by atoms with E-state index in [4.69, 9.17) is 10.2 Å². The maximum atomic E-state index is 8.97. The average molecular weight is 306 g/mol. The van der Waals surface area contributed by atoms with Gasteiger partial charge in [-0.2, -0.15) is 0 Å². The molecule has 2 nitrogen and oxygen atoms in total. The van der Waals surface area contributed by atoms with Gasteiger partial charge in [-0.1, -0.05) is 45.9 Å². The standard InChI is InChI=1S/C16H18O2S2/c17-9-7-13-3-1-5-15(11-13)19-20-16-6-2-4-14(12-16)8-10-18/h1-6,11-12,17-18H,7-10H2. The smallest absolute Gasteiger partial charge is 0.0471 e. The van der Waals surface area contributed by atoms with Gasteiger partial charge in [0.1, 0.15) is 0 Å². The van der Waals surface area contributed by atoms with E-state index < -0.39 is 0 Å². The Balaban J connectivity index is 1.97. The van der Waals surface area contributed by atoms with Crippen molar-refractivity contribution in [3.05, 3.63) is 59.7 Å². The monoisotopic (exact) mass is 306 g/mol. The van der Waals surface area contributed by atoms with Crippen LogP contribution in [0.2, 0.25) is 0 Å². The summed E-state index contributed by atoms with van der Waals surface area (Å²) in [5, 5.41) is 17.9. The molecule has 2 aromatic carbocycles. The van der Waals surface area contributed by atoms with E-state index in [-0.39, 0.29) is 13.2 Å². The van der Waals surface area contributed by atoms with Gasteiger partial charge in [0.15, 0.2) is 0 Å². The SMILES string of the molecule is OCCc1cccc(SSc2cccc(CCO)c2)c1. The molecule has 4 heteroatoms. The molecule has 0 radical (unpaired) electrons. The van der Waals surface area contributed by atoms with Crippen LogP contribution >= 0.6 is 21.6 Å². The van der Waals surface area contributed by atoms with Crippen LogP contribution in [0, 0.1) is 0 Å². The fraction of sp³-hybridized carbons (Fsp3) is 0.250. The lowest BCUT2D eigenvalue weighted by Crippen LogP contribution is -1.90. The van der Waals surface area contributed by atoms with Crippen molar-refractivity contribution in [1.82, 2.24) is 0 Å². The first-order valence-electron chi connectivity index (χ1n) is 6.56. The molecule has 0 aliphatic heterocycles. The minimum Gasteiger partial charge on any atom is -0.396 e. The van der Waals surface area contributed by atoms with Crippen molar-refractivity contribution < 1.29 is 10.2 Å². The summed E-state index contributed by atoms with van der Waals surface area (Å²) in [4.78, 5) is 2.38. The van der Waals surface area contributed by atoms with E-state index >= 15 is 0 Å². The molecular weight excluding hydrogens is 288 g/mol. The summed E-state index contributed by atoms with van der Waals surface area (Å²) >= 11 is 0. The third kappa shape index (κ3) is 4.87. The maximum Gasteiger partial charge on any atom is 0.0471 e. The van der Waals surface area contributed by atoms with E-state index in [1.165, 1.54) is 9.79 Å². The number of benzene rings is 2. The predicted molar refractivity (Wildman–Crippen MR) is 86.2 cm³/mol. The Hall–Kier alpha value is -0.940. The number of rotatable bonds is 7. The van der Waals surface area contributed by atoms with E-state index in [2.05, 4.69) is 24.3 Å². The summed E-state index contributed by atoms with van der Waals surface area (Å²) in [6, 6.07) is 16.5. The molecule has 20 heavy (non-hydrogen) atoms. The van der Waals surface area contributed by atoms with Gasteiger partial charge in [0, 0.05) is 23.0 Å². The number of aliphatic hydroxyl groups excluding tert-OH is 2. The van der Waals surface area contributed by atoms with E-state index in [9.17, 15) is 0 Å². The molecule has 2 rings (SSSR count). The second-order valence-corrected chi connectivity index (χ2v) is 6.68. The highest BCUT2D eigenvalue weighted by Gasteiger charge is 2.01. The van der Waals surface area contributed by atoms with Gasteiger partial charge in [0.05, 0.1) is 0 Å². The molecule has 0 atom stereocenters. The number of hydrogen-bond acceptors (Lipinski definition) is 4. The Bertz CT molecular complexity index is 494. The third-order valence-corrected chi connectivity index (χ3v) is 5.21. The van der Waals surface area contributed by atoms with Crippen molar-refractivity contribution >= 4 is 21.6 Å². The second-order valence-electron chi connectivity index (χ2n) is 4.41. The van der Waals surface area contributed by atoms with E-state index in [1.807, 2.05) is 24.3 Å². The summed E-state index contributed by atoms with van der Waals surface area (Å²) in [6.45, 7) is 0.370. The van der Waals surface area contributed by atoms with Crippen LogP contribution in [0.1, 0.15) is 11.1 Å². The van der Waals surface area contributed by atoms with Gasteiger partial charge in [-0.15, -0.1) is 0 Å². The Morgan fingerprint density at radius 1 is 0.700 bits per heavy atom. The van der Waals surface area contributed by atoms with Crippen LogP contribution in [-0.2, 0) is 12.8 Å². The molecule has 0 bridgehead atoms. The average Bonchev–Trinajstić information content (AvgIpc) is 2.47. The summed E-state index contributed by atoms with van der Waals surface area (Å²) in [5.74, 6) is 0. The topological polar surface area (TPSA) is 40.5 Å². The Morgan fingerprint density at radius 2 is 1.15 bits per heavy atom. The van der Waals surface area contributed by atoms with Crippen LogP contribution in [0.25, 0.3) is 0 Å². The minimum atomic E-state index is 0.185. The highest BCUT2D eigenvalue weighted by atomic mass is 33.1. The molecule has 0 aliphatic rings. The van der Waals surface area contributed by atoms with Crippen LogP contribution in [0.15, 0.2) is 58.3 Å². The highest BCUT2D eigenvalue weighted by Crippen LogP contribution is 2.37. The third-order valence-electron chi connectivity index (χ3n) is 2.83. The van der Waals surface area contributed by atoms with Gasteiger partial charge in [0.2, 0.25) is 0 Å². The van der Waals surface area contributed by atoms with Gasteiger partial charge in [-0.3, -0.25) is 0 Å². The summed E-state index contributed by atoms with van der Waals surface area (Å²) < 4.78 is 0. The Labute approximate surface area is 127 Å². The fourth-order valence-corrected chi connectivity index (χ4v) is 3.92. The maximum absolute atomic E-state index is 8.97. The largest absolute Gasteiger partial charge is 0.396 e. The summed E-state index contributed by atoms with van der Waals surface area (Å²) in [7, 11) is 3.43. The molecule has 0 aromatic heterocycles. The molecule has 0 heterocycles. The first kappa shape index (κ1) is 15.4. The Morgan fingerprint density at radius 3 is 1.55 bits per heavy atom. The molecule has 0 spiro atoms. The highest BCUT2D eigenvalue weighted by molar-refractivity contribution is 8.76. The molecule has 0 saturated carbocycles. The fourth-order valence-electron chi connectivity index (χ4n) is 1.86. The zero-order valence-electron chi connectivity index (χ0n) is 11.2. The van der Waals surface area contributed by atoms with Gasteiger partial charge in [0.25, 0.3) is 0 Å². The quantitative estimate of drug-likeness (QED) is 0.768. The van der Waals surface area contributed by atoms with Crippen LogP contribution in [0.4, 0.5) is 0 Å². The second kappa shape index (κ2) is 8.37. The molecule has 0 saturated heterocycles. The van der Waals surface area contributed by atoms with Gasteiger partial charge < -0.3 is 10.2 Å². The molecule has 2 N–H and O–H groups in total. The predicted octanol–water partition coefficient (Wildman–Crippen LogP) is 3.56. The van der Waals surface area contributed by atoms with Crippen LogP contribution in [0.5, 0.6) is 0 Å². The lowest BCUT2D eigenvalue weighted by Gasteiger charge is -2.05. The van der Waals surface area contributed by atoms with Crippen LogP contribution in [0.3, 0.4) is 0 Å². The summed E-state index contributed by atoms with van der Waals surface area (Å²) in [5.41, 5.74) is 2.32. The molecular formula is C16H18O2S2. The van der Waals surface area contributed by atoms with Crippen molar-refractivity contribution in [2.24, 2.45) is 0 Å². The van der Waals surface area contributed by atoms with Crippen molar-refractivity contribution in [2.45, 2.75) is 22.6 Å². The van der Waals surface area contributed by atoms with Crippen molar-refractivity contribution in [3.63, 3.8) is 0 Å². The number of hydrogen-bond donors (Lipinski definition) is 2. The zero-order chi connectivity index (χ0) is 14.2. The van der Waals surface area contributed by atoms with Gasteiger partial charge >= 0.3 is 0 Å². The lowest BCUT2D eigenvalue weighted by atomic mass is 10.2. The van der Waals surface area contributed by atoms with E-state index in [0.717, 1.165) is 11.1 Å². The van der Waals surface area contributed by atoms with Crippen molar-refractivity contribution in [2.75, 3.05) is 13.2 Å². The Kier molecular flexibility index (Phi) is 6.47. The van der Waals surface area contributed by atoms with Crippen LogP contribution in [-0.4, -0.2) is 23.4 Å². The molecule has 106 valence electrons. The molecule has 2 aromatic rings. The van der Waals surface area contributed by atoms with Crippen LogP contribution < -0.4 is 0 Å². The zero-order valence-corrected chi connectivity index (χ0v) is 12.8. The van der Waals surface area contributed by atoms with Gasteiger partial charge in [-0.25, -0.2) is 0 Å². The lowest BCUT2D eigenvalue weighted by molar-refractivity contribution is 0.299. The van der Waals surface area contributed by atoms with Crippen molar-refractivity contribution in [3.8, 4) is 0 Å². The first-order chi connectivity index (χ1) is 9.81. The molecule has 0 aliphatic carbocycles. The first-order valence-corrected chi connectivity index (χ1v) is 8.71. The number of aliphatic hydroxyl groups is 2. The minimum absolute atomic E-state index is 0.185. The van der Waals surface area contributed by atoms with Crippen molar-refractivity contribution in [1.29, 1.82) is 0 Å².